The largest absolute Gasteiger partial charge is 0.376 e. The Kier molecular flexibility index (Phi) is 5.83. The maximum Gasteiger partial charge on any atom is 0.240 e. The molecule has 0 saturated carbocycles. The zero-order chi connectivity index (χ0) is 17.8. The number of anilines is 1. The van der Waals surface area contributed by atoms with Crippen molar-refractivity contribution in [3.63, 3.8) is 0 Å². The number of benzene rings is 1. The minimum absolute atomic E-state index is 0.0160. The second-order valence-electron chi connectivity index (χ2n) is 6.52. The number of carbonyl (C=O) groups excluding carboxylic acids is 1. The van der Waals surface area contributed by atoms with E-state index in [-0.39, 0.29) is 12.0 Å². The molecule has 3 rings (SSSR count). The van der Waals surface area contributed by atoms with E-state index in [1.807, 2.05) is 5.38 Å². The van der Waals surface area contributed by atoms with Crippen LogP contribution in [0.3, 0.4) is 0 Å². The van der Waals surface area contributed by atoms with Gasteiger partial charge in [0.15, 0.2) is 5.13 Å². The van der Waals surface area contributed by atoms with E-state index < -0.39 is 0 Å². The summed E-state index contributed by atoms with van der Waals surface area (Å²) in [5, 5.41) is 5.56. The average Bonchev–Trinajstić information content (AvgIpc) is 3.05. The molecule has 1 unspecified atom stereocenters. The summed E-state index contributed by atoms with van der Waals surface area (Å²) in [6.07, 6.45) is 1.21. The van der Waals surface area contributed by atoms with Crippen molar-refractivity contribution in [1.82, 2.24) is 9.88 Å². The average molecular weight is 359 g/mol. The fraction of sp³-hybridized carbons (Fsp3) is 0.474. The van der Waals surface area contributed by atoms with Gasteiger partial charge < -0.3 is 10.1 Å². The molecule has 1 aromatic heterocycles. The summed E-state index contributed by atoms with van der Waals surface area (Å²) in [6, 6.07) is 6.31. The van der Waals surface area contributed by atoms with Gasteiger partial charge in [-0.1, -0.05) is 19.1 Å². The Bertz CT molecular complexity index is 744. The van der Waals surface area contributed by atoms with E-state index in [0.717, 1.165) is 30.8 Å². The number of thiazole rings is 1. The maximum absolute atomic E-state index is 12.3. The first-order valence-corrected chi connectivity index (χ1v) is 9.60. The van der Waals surface area contributed by atoms with Gasteiger partial charge in [-0.05, 0) is 37.5 Å². The molecule has 1 N–H and O–H groups in total. The number of hydrogen-bond acceptors (Lipinski definition) is 5. The van der Waals surface area contributed by atoms with Crippen LogP contribution in [0.2, 0.25) is 0 Å². The third-order valence-corrected chi connectivity index (χ3v) is 5.36. The van der Waals surface area contributed by atoms with Crippen molar-refractivity contribution in [2.24, 2.45) is 0 Å². The highest BCUT2D eigenvalue weighted by atomic mass is 32.1. The number of carbonyl (C=O) groups is 1. The standard InChI is InChI=1S/C19H25N3O2S/c1-4-16-10-22(7-8-24-16)11-18(23)21-19-20-17(12-25-19)15-6-5-13(2)14(3)9-15/h5-6,9,12,16H,4,7-8,10-11H2,1-3H3,(H,20,21,23). The van der Waals surface area contributed by atoms with Crippen LogP contribution in [0.25, 0.3) is 11.3 Å². The van der Waals surface area contributed by atoms with Gasteiger partial charge in [0.05, 0.1) is 24.9 Å². The Morgan fingerprint density at radius 2 is 2.24 bits per heavy atom. The Labute approximate surface area is 153 Å². The molecule has 0 spiro atoms. The van der Waals surface area contributed by atoms with Crippen molar-refractivity contribution in [2.75, 3.05) is 31.6 Å². The molecule has 2 heterocycles. The normalized spacial score (nSPS) is 18.3. The molecular formula is C19H25N3O2S. The molecule has 1 amide bonds. The van der Waals surface area contributed by atoms with Crippen LogP contribution in [0.4, 0.5) is 5.13 Å². The summed E-state index contributed by atoms with van der Waals surface area (Å²) in [5.41, 5.74) is 4.50. The number of aryl methyl sites for hydroxylation is 2. The molecule has 1 aliphatic rings. The molecule has 1 atom stereocenters. The first-order valence-electron chi connectivity index (χ1n) is 8.72. The van der Waals surface area contributed by atoms with Crippen LogP contribution in [-0.4, -0.2) is 48.1 Å². The fourth-order valence-corrected chi connectivity index (χ4v) is 3.63. The highest BCUT2D eigenvalue weighted by Gasteiger charge is 2.21. The van der Waals surface area contributed by atoms with E-state index in [2.05, 4.69) is 54.2 Å². The predicted molar refractivity (Wildman–Crippen MR) is 102 cm³/mol. The Morgan fingerprint density at radius 3 is 3.00 bits per heavy atom. The molecule has 1 saturated heterocycles. The number of amides is 1. The van der Waals surface area contributed by atoms with Crippen molar-refractivity contribution in [3.8, 4) is 11.3 Å². The molecule has 1 aliphatic heterocycles. The van der Waals surface area contributed by atoms with E-state index in [9.17, 15) is 4.79 Å². The monoisotopic (exact) mass is 359 g/mol. The zero-order valence-electron chi connectivity index (χ0n) is 15.0. The lowest BCUT2D eigenvalue weighted by Crippen LogP contribution is -2.45. The van der Waals surface area contributed by atoms with E-state index in [0.29, 0.717) is 18.3 Å². The number of nitrogens with zero attached hydrogens (tertiary/aromatic N) is 2. The fourth-order valence-electron chi connectivity index (χ4n) is 2.90. The SMILES string of the molecule is CCC1CN(CC(=O)Nc2nc(-c3ccc(C)c(C)c3)cs2)CCO1. The third kappa shape index (κ3) is 4.66. The first kappa shape index (κ1) is 18.0. The van der Waals surface area contributed by atoms with Gasteiger partial charge in [-0.2, -0.15) is 0 Å². The summed E-state index contributed by atoms with van der Waals surface area (Å²) < 4.78 is 5.64. The second-order valence-corrected chi connectivity index (χ2v) is 7.38. The predicted octanol–water partition coefficient (Wildman–Crippen LogP) is 3.48. The van der Waals surface area contributed by atoms with E-state index in [1.165, 1.54) is 22.5 Å². The van der Waals surface area contributed by atoms with Crippen LogP contribution in [0.15, 0.2) is 23.6 Å². The lowest BCUT2D eigenvalue weighted by molar-refractivity contribution is -0.119. The molecule has 6 heteroatoms. The van der Waals surface area contributed by atoms with Gasteiger partial charge in [0.1, 0.15) is 0 Å². The van der Waals surface area contributed by atoms with Gasteiger partial charge in [-0.3, -0.25) is 9.69 Å². The smallest absolute Gasteiger partial charge is 0.240 e. The number of morpholine rings is 1. The van der Waals surface area contributed by atoms with E-state index in [4.69, 9.17) is 4.74 Å². The van der Waals surface area contributed by atoms with Crippen LogP contribution in [0.5, 0.6) is 0 Å². The van der Waals surface area contributed by atoms with Crippen molar-refractivity contribution in [1.29, 1.82) is 0 Å². The maximum atomic E-state index is 12.3. The van der Waals surface area contributed by atoms with Crippen LogP contribution in [-0.2, 0) is 9.53 Å². The number of rotatable bonds is 5. The highest BCUT2D eigenvalue weighted by molar-refractivity contribution is 7.14. The highest BCUT2D eigenvalue weighted by Crippen LogP contribution is 2.26. The quantitative estimate of drug-likeness (QED) is 0.888. The van der Waals surface area contributed by atoms with Crippen LogP contribution >= 0.6 is 11.3 Å². The Morgan fingerprint density at radius 1 is 1.40 bits per heavy atom. The van der Waals surface area contributed by atoms with Crippen molar-refractivity contribution in [2.45, 2.75) is 33.3 Å². The van der Waals surface area contributed by atoms with E-state index in [1.54, 1.807) is 0 Å². The number of nitrogens with one attached hydrogen (secondary N) is 1. The molecule has 134 valence electrons. The molecule has 0 bridgehead atoms. The van der Waals surface area contributed by atoms with Crippen LogP contribution < -0.4 is 5.32 Å². The summed E-state index contributed by atoms with van der Waals surface area (Å²) in [5.74, 6) is -0.0160. The van der Waals surface area contributed by atoms with Gasteiger partial charge in [-0.15, -0.1) is 11.3 Å². The van der Waals surface area contributed by atoms with Crippen LogP contribution in [0.1, 0.15) is 24.5 Å². The number of ether oxygens (including phenoxy) is 1. The van der Waals surface area contributed by atoms with Gasteiger partial charge >= 0.3 is 0 Å². The summed E-state index contributed by atoms with van der Waals surface area (Å²) in [6.45, 7) is 9.00. The minimum Gasteiger partial charge on any atom is -0.376 e. The molecule has 1 fully saturated rings. The molecule has 1 aromatic carbocycles. The molecule has 2 aromatic rings. The zero-order valence-corrected chi connectivity index (χ0v) is 15.9. The van der Waals surface area contributed by atoms with Gasteiger partial charge in [0.2, 0.25) is 5.91 Å². The van der Waals surface area contributed by atoms with Crippen molar-refractivity contribution >= 4 is 22.4 Å². The lowest BCUT2D eigenvalue weighted by atomic mass is 10.1. The number of hydrogen-bond donors (Lipinski definition) is 1. The van der Waals surface area contributed by atoms with Crippen LogP contribution in [0, 0.1) is 13.8 Å². The van der Waals surface area contributed by atoms with Gasteiger partial charge in [-0.25, -0.2) is 4.98 Å². The lowest BCUT2D eigenvalue weighted by Gasteiger charge is -2.31. The molecule has 0 radical (unpaired) electrons. The summed E-state index contributed by atoms with van der Waals surface area (Å²) in [4.78, 5) is 19.0. The third-order valence-electron chi connectivity index (χ3n) is 4.60. The minimum atomic E-state index is -0.0160. The Balaban J connectivity index is 1.59. The van der Waals surface area contributed by atoms with Gasteiger partial charge in [0, 0.05) is 24.0 Å². The van der Waals surface area contributed by atoms with Crippen molar-refractivity contribution < 1.29 is 9.53 Å². The summed E-state index contributed by atoms with van der Waals surface area (Å²) in [7, 11) is 0. The first-order chi connectivity index (χ1) is 12.0. The van der Waals surface area contributed by atoms with Gasteiger partial charge in [0.25, 0.3) is 0 Å². The summed E-state index contributed by atoms with van der Waals surface area (Å²) >= 11 is 1.46. The topological polar surface area (TPSA) is 54.5 Å². The Hall–Kier alpha value is -1.76. The second kappa shape index (κ2) is 8.08. The molecular weight excluding hydrogens is 334 g/mol. The molecule has 0 aliphatic carbocycles. The van der Waals surface area contributed by atoms with Crippen molar-refractivity contribution in [3.05, 3.63) is 34.7 Å². The molecule has 25 heavy (non-hydrogen) atoms. The van der Waals surface area contributed by atoms with E-state index >= 15 is 0 Å². The molecule has 5 nitrogen and oxygen atoms in total. The number of aromatic nitrogens is 1.